The van der Waals surface area contributed by atoms with Crippen LogP contribution in [0.3, 0.4) is 0 Å². The molecule has 0 amide bonds. The van der Waals surface area contributed by atoms with E-state index in [1.165, 1.54) is 0 Å². The number of guanidine groups is 1. The fraction of sp³-hybridized carbons (Fsp3) is 0.611. The minimum absolute atomic E-state index is 0.178. The van der Waals surface area contributed by atoms with E-state index in [1.54, 1.807) is 26.1 Å². The molecular weight excluding hydrogens is 309 g/mol. The minimum Gasteiger partial charge on any atom is -0.381 e. The first-order valence-electron chi connectivity index (χ1n) is 8.58. The zero-order chi connectivity index (χ0) is 17.2. The standard InChI is InChI=1S/C18H28FN3O2/c1-14-4-5-15(12-17(14)19)13-22-18(20-2)21-8-3-9-24-16-6-10-23-11-7-16/h4-5,12,16H,3,6-11,13H2,1-2H3,(H2,20,21,22). The molecule has 0 aliphatic carbocycles. The highest BCUT2D eigenvalue weighted by atomic mass is 19.1. The molecule has 1 aromatic rings. The molecule has 2 rings (SSSR count). The fourth-order valence-electron chi connectivity index (χ4n) is 2.52. The quantitative estimate of drug-likeness (QED) is 0.456. The summed E-state index contributed by atoms with van der Waals surface area (Å²) in [6.07, 6.45) is 3.23. The number of nitrogens with zero attached hydrogens (tertiary/aromatic N) is 1. The molecule has 0 atom stereocenters. The van der Waals surface area contributed by atoms with Crippen LogP contribution in [0.5, 0.6) is 0 Å². The van der Waals surface area contributed by atoms with Crippen LogP contribution in [0.4, 0.5) is 4.39 Å². The van der Waals surface area contributed by atoms with Crippen LogP contribution in [0.15, 0.2) is 23.2 Å². The molecule has 0 radical (unpaired) electrons. The summed E-state index contributed by atoms with van der Waals surface area (Å²) in [7, 11) is 1.73. The third kappa shape index (κ3) is 6.45. The monoisotopic (exact) mass is 337 g/mol. The van der Waals surface area contributed by atoms with Crippen LogP contribution in [-0.2, 0) is 16.0 Å². The highest BCUT2D eigenvalue weighted by Crippen LogP contribution is 2.10. The summed E-state index contributed by atoms with van der Waals surface area (Å²) in [6.45, 7) is 5.42. The summed E-state index contributed by atoms with van der Waals surface area (Å²) >= 11 is 0. The van der Waals surface area contributed by atoms with Crippen LogP contribution in [0.25, 0.3) is 0 Å². The Hall–Kier alpha value is -1.66. The van der Waals surface area contributed by atoms with Gasteiger partial charge in [-0.15, -0.1) is 0 Å². The number of rotatable bonds is 7. The molecule has 1 aliphatic heterocycles. The third-order valence-corrected chi connectivity index (χ3v) is 4.06. The van der Waals surface area contributed by atoms with Gasteiger partial charge in [0.25, 0.3) is 0 Å². The van der Waals surface area contributed by atoms with Crippen LogP contribution >= 0.6 is 0 Å². The Balaban J connectivity index is 1.60. The molecule has 0 unspecified atom stereocenters. The molecule has 6 heteroatoms. The summed E-state index contributed by atoms with van der Waals surface area (Å²) < 4.78 is 24.7. The van der Waals surface area contributed by atoms with Crippen molar-refractivity contribution in [3.63, 3.8) is 0 Å². The van der Waals surface area contributed by atoms with E-state index in [0.717, 1.165) is 51.2 Å². The predicted molar refractivity (Wildman–Crippen MR) is 93.7 cm³/mol. The Morgan fingerprint density at radius 2 is 2.12 bits per heavy atom. The van der Waals surface area contributed by atoms with Crippen molar-refractivity contribution in [2.24, 2.45) is 4.99 Å². The average Bonchev–Trinajstić information content (AvgIpc) is 2.61. The topological polar surface area (TPSA) is 54.9 Å². The van der Waals surface area contributed by atoms with Gasteiger partial charge in [0.05, 0.1) is 6.10 Å². The van der Waals surface area contributed by atoms with Crippen molar-refractivity contribution in [2.45, 2.75) is 38.8 Å². The van der Waals surface area contributed by atoms with Crippen molar-refractivity contribution in [3.05, 3.63) is 35.1 Å². The van der Waals surface area contributed by atoms with Gasteiger partial charge in [0, 0.05) is 40.0 Å². The lowest BCUT2D eigenvalue weighted by Crippen LogP contribution is -2.37. The summed E-state index contributed by atoms with van der Waals surface area (Å²) in [5.41, 5.74) is 1.55. The largest absolute Gasteiger partial charge is 0.381 e. The van der Waals surface area contributed by atoms with Gasteiger partial charge in [0.1, 0.15) is 5.82 Å². The summed E-state index contributed by atoms with van der Waals surface area (Å²) in [4.78, 5) is 4.17. The van der Waals surface area contributed by atoms with E-state index in [-0.39, 0.29) is 5.82 Å². The zero-order valence-electron chi connectivity index (χ0n) is 14.6. The third-order valence-electron chi connectivity index (χ3n) is 4.06. The number of aryl methyl sites for hydroxylation is 1. The SMILES string of the molecule is CN=C(NCCCOC1CCOCC1)NCc1ccc(C)c(F)c1. The molecule has 1 fully saturated rings. The maximum atomic E-state index is 13.5. The Kier molecular flexibility index (Phi) is 7.98. The Morgan fingerprint density at radius 3 is 2.83 bits per heavy atom. The number of nitrogens with one attached hydrogen (secondary N) is 2. The first kappa shape index (κ1) is 18.7. The first-order chi connectivity index (χ1) is 11.7. The number of hydrogen-bond donors (Lipinski definition) is 2. The number of halogens is 1. The van der Waals surface area contributed by atoms with Gasteiger partial charge in [0.15, 0.2) is 5.96 Å². The lowest BCUT2D eigenvalue weighted by atomic mass is 10.1. The van der Waals surface area contributed by atoms with Gasteiger partial charge >= 0.3 is 0 Å². The van der Waals surface area contributed by atoms with Gasteiger partial charge in [-0.3, -0.25) is 4.99 Å². The van der Waals surface area contributed by atoms with E-state index < -0.39 is 0 Å². The number of benzene rings is 1. The zero-order valence-corrected chi connectivity index (χ0v) is 14.6. The van der Waals surface area contributed by atoms with Crippen LogP contribution in [0, 0.1) is 12.7 Å². The van der Waals surface area contributed by atoms with E-state index in [9.17, 15) is 4.39 Å². The second kappa shape index (κ2) is 10.3. The predicted octanol–water partition coefficient (Wildman–Crippen LogP) is 2.38. The summed E-state index contributed by atoms with van der Waals surface area (Å²) in [6, 6.07) is 5.26. The molecule has 5 nitrogen and oxygen atoms in total. The molecular formula is C18H28FN3O2. The highest BCUT2D eigenvalue weighted by Gasteiger charge is 2.13. The van der Waals surface area contributed by atoms with Gasteiger partial charge in [-0.25, -0.2) is 4.39 Å². The van der Waals surface area contributed by atoms with Crippen LogP contribution in [0.1, 0.15) is 30.4 Å². The Labute approximate surface area is 143 Å². The van der Waals surface area contributed by atoms with E-state index in [4.69, 9.17) is 9.47 Å². The first-order valence-corrected chi connectivity index (χ1v) is 8.58. The second-order valence-electron chi connectivity index (χ2n) is 5.97. The molecule has 1 aliphatic rings. The van der Waals surface area contributed by atoms with Crippen molar-refractivity contribution in [1.82, 2.24) is 10.6 Å². The maximum Gasteiger partial charge on any atom is 0.191 e. The number of hydrogen-bond acceptors (Lipinski definition) is 3. The van der Waals surface area contributed by atoms with Gasteiger partial charge in [0.2, 0.25) is 0 Å². The molecule has 1 saturated heterocycles. The molecule has 0 bridgehead atoms. The van der Waals surface area contributed by atoms with E-state index in [1.807, 2.05) is 6.07 Å². The molecule has 24 heavy (non-hydrogen) atoms. The Bertz CT molecular complexity index is 531. The lowest BCUT2D eigenvalue weighted by Gasteiger charge is -2.22. The molecule has 2 N–H and O–H groups in total. The van der Waals surface area contributed by atoms with Crippen molar-refractivity contribution in [2.75, 3.05) is 33.4 Å². The second-order valence-corrected chi connectivity index (χ2v) is 5.97. The number of ether oxygens (including phenoxy) is 2. The summed E-state index contributed by atoms with van der Waals surface area (Å²) in [5.74, 6) is 0.532. The van der Waals surface area contributed by atoms with Gasteiger partial charge < -0.3 is 20.1 Å². The normalized spacial score (nSPS) is 16.2. The average molecular weight is 337 g/mol. The van der Waals surface area contributed by atoms with Crippen molar-refractivity contribution in [3.8, 4) is 0 Å². The van der Waals surface area contributed by atoms with E-state index >= 15 is 0 Å². The van der Waals surface area contributed by atoms with Gasteiger partial charge in [-0.05, 0) is 43.4 Å². The molecule has 1 aromatic carbocycles. The highest BCUT2D eigenvalue weighted by molar-refractivity contribution is 5.79. The maximum absolute atomic E-state index is 13.5. The Morgan fingerprint density at radius 1 is 1.33 bits per heavy atom. The van der Waals surface area contributed by atoms with Crippen LogP contribution in [0.2, 0.25) is 0 Å². The van der Waals surface area contributed by atoms with Crippen LogP contribution in [-0.4, -0.2) is 45.5 Å². The summed E-state index contributed by atoms with van der Waals surface area (Å²) in [5, 5.41) is 6.43. The minimum atomic E-state index is -0.178. The molecule has 0 aromatic heterocycles. The number of aliphatic imine (C=N–C) groups is 1. The molecule has 1 heterocycles. The van der Waals surface area contributed by atoms with E-state index in [0.29, 0.717) is 24.2 Å². The lowest BCUT2D eigenvalue weighted by molar-refractivity contribution is -0.0320. The fourth-order valence-corrected chi connectivity index (χ4v) is 2.52. The molecule has 0 spiro atoms. The smallest absolute Gasteiger partial charge is 0.191 e. The van der Waals surface area contributed by atoms with Gasteiger partial charge in [-0.1, -0.05) is 12.1 Å². The molecule has 134 valence electrons. The van der Waals surface area contributed by atoms with Crippen molar-refractivity contribution < 1.29 is 13.9 Å². The van der Waals surface area contributed by atoms with E-state index in [2.05, 4.69) is 15.6 Å². The van der Waals surface area contributed by atoms with Crippen molar-refractivity contribution >= 4 is 5.96 Å². The van der Waals surface area contributed by atoms with Crippen molar-refractivity contribution in [1.29, 1.82) is 0 Å². The van der Waals surface area contributed by atoms with Gasteiger partial charge in [-0.2, -0.15) is 0 Å². The van der Waals surface area contributed by atoms with Crippen LogP contribution < -0.4 is 10.6 Å². The molecule has 0 saturated carbocycles.